The zero-order valence-electron chi connectivity index (χ0n) is 15.3. The standard InChI is InChI=1S/C20H20N2O4S/c1-4-26-17-10-8-15(9-11-17)21(14(3)23)19-18(24)22(20(25)27-19)16-7-5-6-13(2)12-16/h5-12,19H,4H2,1-3H3/t19-/m1/s1. The van der Waals surface area contributed by atoms with Crippen molar-refractivity contribution in [3.8, 4) is 5.75 Å². The van der Waals surface area contributed by atoms with Gasteiger partial charge in [0.2, 0.25) is 5.91 Å². The minimum absolute atomic E-state index is 0.316. The number of amides is 3. The van der Waals surface area contributed by atoms with Crippen molar-refractivity contribution in [2.75, 3.05) is 16.4 Å². The molecule has 0 saturated carbocycles. The molecule has 0 unspecified atom stereocenters. The average molecular weight is 384 g/mol. The quantitative estimate of drug-likeness (QED) is 0.780. The first-order chi connectivity index (χ1) is 12.9. The van der Waals surface area contributed by atoms with Crippen LogP contribution in [0.4, 0.5) is 16.2 Å². The fourth-order valence-electron chi connectivity index (χ4n) is 2.91. The van der Waals surface area contributed by atoms with Crippen LogP contribution in [-0.2, 0) is 9.59 Å². The van der Waals surface area contributed by atoms with E-state index < -0.39 is 16.5 Å². The second-order valence-corrected chi connectivity index (χ2v) is 7.10. The topological polar surface area (TPSA) is 66.9 Å². The Bertz CT molecular complexity index is 882. The fourth-order valence-corrected chi connectivity index (χ4v) is 3.99. The number of rotatable bonds is 5. The summed E-state index contributed by atoms with van der Waals surface area (Å²) in [5.41, 5.74) is 1.99. The molecule has 0 spiro atoms. The number of anilines is 2. The highest BCUT2D eigenvalue weighted by molar-refractivity contribution is 8.16. The van der Waals surface area contributed by atoms with Gasteiger partial charge < -0.3 is 4.74 Å². The van der Waals surface area contributed by atoms with Crippen LogP contribution < -0.4 is 14.5 Å². The Balaban J connectivity index is 1.91. The maximum Gasteiger partial charge on any atom is 0.295 e. The van der Waals surface area contributed by atoms with Crippen LogP contribution in [0.25, 0.3) is 0 Å². The summed E-state index contributed by atoms with van der Waals surface area (Å²) in [6, 6.07) is 14.0. The van der Waals surface area contributed by atoms with E-state index in [0.717, 1.165) is 22.2 Å². The van der Waals surface area contributed by atoms with Crippen molar-refractivity contribution in [3.05, 3.63) is 54.1 Å². The van der Waals surface area contributed by atoms with E-state index >= 15 is 0 Å². The number of carbonyl (C=O) groups excluding carboxylic acids is 3. The van der Waals surface area contributed by atoms with Crippen LogP contribution in [0.15, 0.2) is 48.5 Å². The molecule has 27 heavy (non-hydrogen) atoms. The first kappa shape index (κ1) is 19.0. The van der Waals surface area contributed by atoms with Gasteiger partial charge in [-0.2, -0.15) is 0 Å². The van der Waals surface area contributed by atoms with E-state index in [-0.39, 0.29) is 5.91 Å². The Hall–Kier alpha value is -2.80. The molecule has 3 amide bonds. The van der Waals surface area contributed by atoms with Gasteiger partial charge in [0, 0.05) is 12.6 Å². The predicted octanol–water partition coefficient (Wildman–Crippen LogP) is 3.97. The number of aryl methyl sites for hydroxylation is 1. The van der Waals surface area contributed by atoms with Gasteiger partial charge in [-0.3, -0.25) is 19.3 Å². The minimum Gasteiger partial charge on any atom is -0.494 e. The molecule has 0 aromatic heterocycles. The summed E-state index contributed by atoms with van der Waals surface area (Å²) in [4.78, 5) is 40.3. The summed E-state index contributed by atoms with van der Waals surface area (Å²) in [5.74, 6) is -0.0730. The average Bonchev–Trinajstić information content (AvgIpc) is 2.91. The van der Waals surface area contributed by atoms with Crippen molar-refractivity contribution < 1.29 is 19.1 Å². The van der Waals surface area contributed by atoms with Crippen molar-refractivity contribution in [1.29, 1.82) is 0 Å². The summed E-state index contributed by atoms with van der Waals surface area (Å²) in [5, 5.41) is -1.33. The SMILES string of the molecule is CCOc1ccc(N(C(C)=O)[C@@H]2SC(=O)N(c3cccc(C)c3)C2=O)cc1. The van der Waals surface area contributed by atoms with Gasteiger partial charge in [-0.25, -0.2) is 4.90 Å². The van der Waals surface area contributed by atoms with Crippen molar-refractivity contribution >= 4 is 40.2 Å². The van der Waals surface area contributed by atoms with Crippen LogP contribution in [0, 0.1) is 6.92 Å². The van der Waals surface area contributed by atoms with Crippen LogP contribution in [0.1, 0.15) is 19.4 Å². The Labute approximate surface area is 162 Å². The molecule has 0 N–H and O–H groups in total. The molecular formula is C20H20N2O4S. The zero-order valence-corrected chi connectivity index (χ0v) is 16.2. The molecule has 3 rings (SSSR count). The van der Waals surface area contributed by atoms with Crippen molar-refractivity contribution in [1.82, 2.24) is 0 Å². The summed E-state index contributed by atoms with van der Waals surface area (Å²) in [6.45, 7) is 5.69. The van der Waals surface area contributed by atoms with Gasteiger partial charge in [-0.1, -0.05) is 12.1 Å². The first-order valence-electron chi connectivity index (χ1n) is 8.56. The normalized spacial score (nSPS) is 16.6. The molecule has 2 aromatic rings. The molecule has 0 radical (unpaired) electrons. The van der Waals surface area contributed by atoms with Gasteiger partial charge in [0.15, 0.2) is 5.37 Å². The van der Waals surface area contributed by atoms with Crippen LogP contribution in [0.2, 0.25) is 0 Å². The fraction of sp³-hybridized carbons (Fsp3) is 0.250. The number of hydrogen-bond donors (Lipinski definition) is 0. The lowest BCUT2D eigenvalue weighted by atomic mass is 10.2. The molecule has 1 aliphatic heterocycles. The molecule has 1 heterocycles. The van der Waals surface area contributed by atoms with E-state index in [1.54, 1.807) is 42.5 Å². The highest BCUT2D eigenvalue weighted by Crippen LogP contribution is 2.36. The molecule has 0 bridgehead atoms. The molecule has 2 aromatic carbocycles. The maximum atomic E-state index is 13.0. The van der Waals surface area contributed by atoms with Gasteiger partial charge in [0.05, 0.1) is 12.3 Å². The highest BCUT2D eigenvalue weighted by atomic mass is 32.2. The summed E-state index contributed by atoms with van der Waals surface area (Å²) in [6.07, 6.45) is 0. The monoisotopic (exact) mass is 384 g/mol. The van der Waals surface area contributed by atoms with Gasteiger partial charge >= 0.3 is 0 Å². The first-order valence-corrected chi connectivity index (χ1v) is 9.44. The number of thioether (sulfide) groups is 1. The van der Waals surface area contributed by atoms with Crippen LogP contribution >= 0.6 is 11.8 Å². The third-order valence-electron chi connectivity index (χ3n) is 4.09. The molecule has 1 aliphatic rings. The second-order valence-electron chi connectivity index (χ2n) is 6.06. The zero-order chi connectivity index (χ0) is 19.6. The largest absolute Gasteiger partial charge is 0.494 e. The van der Waals surface area contributed by atoms with Crippen molar-refractivity contribution in [2.45, 2.75) is 26.1 Å². The van der Waals surface area contributed by atoms with Crippen LogP contribution in [-0.4, -0.2) is 29.0 Å². The maximum absolute atomic E-state index is 13.0. The van der Waals surface area contributed by atoms with Crippen LogP contribution in [0.3, 0.4) is 0 Å². The molecule has 6 nitrogen and oxygen atoms in total. The Morgan fingerprint density at radius 2 is 1.89 bits per heavy atom. The van der Waals surface area contributed by atoms with E-state index in [1.807, 2.05) is 19.9 Å². The Kier molecular flexibility index (Phi) is 5.51. The predicted molar refractivity (Wildman–Crippen MR) is 106 cm³/mol. The lowest BCUT2D eigenvalue weighted by molar-refractivity contribution is -0.121. The van der Waals surface area contributed by atoms with E-state index in [1.165, 1.54) is 11.8 Å². The van der Waals surface area contributed by atoms with E-state index in [4.69, 9.17) is 4.74 Å². The third kappa shape index (κ3) is 3.83. The van der Waals surface area contributed by atoms with E-state index in [2.05, 4.69) is 0 Å². The van der Waals surface area contributed by atoms with Crippen LogP contribution in [0.5, 0.6) is 5.75 Å². The van der Waals surface area contributed by atoms with Gasteiger partial charge in [-0.15, -0.1) is 0 Å². The molecule has 0 aliphatic carbocycles. The van der Waals surface area contributed by atoms with Crippen molar-refractivity contribution in [3.63, 3.8) is 0 Å². The number of carbonyl (C=O) groups is 3. The van der Waals surface area contributed by atoms with E-state index in [0.29, 0.717) is 23.7 Å². The molecule has 140 valence electrons. The third-order valence-corrected chi connectivity index (χ3v) is 5.11. The number of imide groups is 1. The Morgan fingerprint density at radius 1 is 1.19 bits per heavy atom. The molecular weight excluding hydrogens is 364 g/mol. The molecule has 1 atom stereocenters. The lowest BCUT2D eigenvalue weighted by Crippen LogP contribution is -2.44. The summed E-state index contributed by atoms with van der Waals surface area (Å²) >= 11 is 0.839. The van der Waals surface area contributed by atoms with Gasteiger partial charge in [0.1, 0.15) is 5.75 Å². The molecule has 1 saturated heterocycles. The number of ether oxygens (including phenoxy) is 1. The molecule has 7 heteroatoms. The number of nitrogens with zero attached hydrogens (tertiary/aromatic N) is 2. The van der Waals surface area contributed by atoms with Crippen molar-refractivity contribution in [2.24, 2.45) is 0 Å². The highest BCUT2D eigenvalue weighted by Gasteiger charge is 2.45. The van der Waals surface area contributed by atoms with E-state index in [9.17, 15) is 14.4 Å². The lowest BCUT2D eigenvalue weighted by Gasteiger charge is -2.25. The summed E-state index contributed by atoms with van der Waals surface area (Å²) < 4.78 is 5.41. The minimum atomic E-state index is -0.937. The summed E-state index contributed by atoms with van der Waals surface area (Å²) in [7, 11) is 0. The van der Waals surface area contributed by atoms with Gasteiger partial charge in [-0.05, 0) is 67.6 Å². The van der Waals surface area contributed by atoms with Gasteiger partial charge in [0.25, 0.3) is 11.1 Å². The molecule has 1 fully saturated rings. The smallest absolute Gasteiger partial charge is 0.295 e. The second kappa shape index (κ2) is 7.84. The number of benzene rings is 2. The Morgan fingerprint density at radius 3 is 2.48 bits per heavy atom. The number of hydrogen-bond acceptors (Lipinski definition) is 5.